The predicted octanol–water partition coefficient (Wildman–Crippen LogP) is 9.88. The molecule has 2 nitrogen and oxygen atoms in total. The number of benzene rings is 4. The van der Waals surface area contributed by atoms with Gasteiger partial charge in [-0.1, -0.05) is 150 Å². The molecule has 0 bridgehead atoms. The predicted molar refractivity (Wildman–Crippen MR) is 258 cm³/mol. The molecule has 0 spiro atoms. The van der Waals surface area contributed by atoms with Crippen LogP contribution in [0.3, 0.4) is 0 Å². The van der Waals surface area contributed by atoms with Crippen LogP contribution in [0.1, 0.15) is 124 Å². The first-order chi connectivity index (χ1) is 27.4. The second kappa shape index (κ2) is 25.4. The van der Waals surface area contributed by atoms with E-state index in [4.69, 9.17) is 0 Å². The number of hydrogen-bond acceptors (Lipinski definition) is 1. The van der Waals surface area contributed by atoms with Crippen molar-refractivity contribution in [3.63, 3.8) is 0 Å². The van der Waals surface area contributed by atoms with Gasteiger partial charge in [-0.2, -0.15) is 0 Å². The molecule has 4 aromatic rings. The molecule has 0 aromatic heterocycles. The maximum Gasteiger partial charge on any atom is 1.00 e. The second-order valence-corrected chi connectivity index (χ2v) is 21.2. The van der Waals surface area contributed by atoms with Gasteiger partial charge < -0.3 is 12.4 Å². The Balaban J connectivity index is 0.000000193. The van der Waals surface area contributed by atoms with Crippen molar-refractivity contribution in [1.82, 2.24) is 0 Å². The van der Waals surface area contributed by atoms with Crippen LogP contribution in [0.2, 0.25) is 0 Å². The minimum absolute atomic E-state index is 0. The van der Waals surface area contributed by atoms with Gasteiger partial charge in [0.25, 0.3) is 0 Å². The van der Waals surface area contributed by atoms with E-state index in [2.05, 4.69) is 150 Å². The van der Waals surface area contributed by atoms with Crippen molar-refractivity contribution in [2.24, 2.45) is 0 Å². The third-order valence-corrected chi connectivity index (χ3v) is 17.9. The molecule has 3 saturated carbocycles. The van der Waals surface area contributed by atoms with Crippen molar-refractivity contribution in [3.05, 3.63) is 139 Å². The Labute approximate surface area is 397 Å². The molecule has 0 N–H and O–H groups in total. The summed E-state index contributed by atoms with van der Waals surface area (Å²) in [4.78, 5) is 2.28. The second-order valence-electron chi connectivity index (χ2n) is 16.9. The summed E-state index contributed by atoms with van der Waals surface area (Å²) in [6.45, 7) is 9.51. The summed E-state index contributed by atoms with van der Waals surface area (Å²) in [6, 6.07) is 31.9. The Kier molecular flexibility index (Phi) is 21.4. The number of halogens is 3. The number of allylic oxidation sites excluding steroid dienone is 1. The summed E-state index contributed by atoms with van der Waals surface area (Å²) < 4.78 is 3.61. The molecule has 9 rings (SSSR count). The van der Waals surface area contributed by atoms with E-state index in [9.17, 15) is 0 Å². The maximum absolute atomic E-state index is 3.55. The van der Waals surface area contributed by atoms with Crippen LogP contribution in [-0.4, -0.2) is 41.0 Å². The minimum Gasteiger partial charge on any atom is -1.00 e. The van der Waals surface area contributed by atoms with Crippen molar-refractivity contribution in [2.45, 2.75) is 141 Å². The molecule has 1 aliphatic heterocycles. The van der Waals surface area contributed by atoms with Crippen LogP contribution in [0.15, 0.2) is 97.1 Å². The van der Waals surface area contributed by atoms with Crippen LogP contribution >= 0.6 is 42.9 Å². The van der Waals surface area contributed by atoms with Crippen molar-refractivity contribution in [2.75, 3.05) is 18.0 Å². The van der Waals surface area contributed by atoms with E-state index in [1.54, 1.807) is 77.0 Å². The number of nitrogens with zero attached hydrogens (tertiary/aromatic N) is 2. The summed E-state index contributed by atoms with van der Waals surface area (Å²) in [6.07, 6.45) is 29.2. The van der Waals surface area contributed by atoms with Crippen LogP contribution in [0.4, 0.5) is 5.69 Å². The van der Waals surface area contributed by atoms with Gasteiger partial charge in [-0.25, -0.2) is 9.48 Å². The minimum atomic E-state index is 0. The Hall–Kier alpha value is -1.77. The van der Waals surface area contributed by atoms with Crippen LogP contribution in [0.25, 0.3) is 11.3 Å². The van der Waals surface area contributed by atoms with E-state index in [1.807, 2.05) is 12.1 Å². The molecular weight excluding hydrogens is 982 g/mol. The van der Waals surface area contributed by atoms with Gasteiger partial charge in [0.2, 0.25) is 0 Å². The van der Waals surface area contributed by atoms with E-state index in [0.717, 1.165) is 19.6 Å². The molecule has 0 atom stereocenters. The molecule has 7 heteroatoms. The Bertz CT molecular complexity index is 2030. The topological polar surface area (TPSA) is 6.25 Å². The van der Waals surface area contributed by atoms with Crippen molar-refractivity contribution in [1.29, 1.82) is 0 Å². The van der Waals surface area contributed by atoms with Gasteiger partial charge >= 0.3 is 25.8 Å². The Morgan fingerprint density at radius 1 is 0.678 bits per heavy atom. The van der Waals surface area contributed by atoms with E-state index in [-0.39, 0.29) is 44.3 Å². The number of rotatable bonds is 7. The van der Waals surface area contributed by atoms with Crippen molar-refractivity contribution in [3.8, 4) is 0 Å². The van der Waals surface area contributed by atoms with Crippen LogP contribution in [0.5, 0.6) is 0 Å². The van der Waals surface area contributed by atoms with Crippen molar-refractivity contribution < 1.29 is 36.5 Å². The largest absolute Gasteiger partial charge is 1.00 e. The molecule has 316 valence electrons. The first-order valence-electron chi connectivity index (χ1n) is 21.9. The zero-order chi connectivity index (χ0) is 38.7. The van der Waals surface area contributed by atoms with Crippen molar-refractivity contribution >= 4 is 66.2 Å². The van der Waals surface area contributed by atoms with Crippen LogP contribution < -0.4 is 27.7 Å². The SMILES string of the molecule is C1=CC(c2ccccc2)=c2ccccc2=1.C1CCC(P(C2CCCCC2)C2CCCCC2)CC1.Cc1cc(C)c(N2[C]=[N+](Cc3ccccc3I)CC2)c(C)c1.Cl.[Cl-].[Ru+]. The molecule has 0 saturated heterocycles. The molecule has 5 aliphatic rings. The molecule has 59 heavy (non-hydrogen) atoms. The molecule has 1 heterocycles. The number of fused-ring (bicyclic) bond motifs is 1. The summed E-state index contributed by atoms with van der Waals surface area (Å²) in [5.41, 5.74) is 16.1. The quantitative estimate of drug-likeness (QED) is 0.0774. The van der Waals surface area contributed by atoms with E-state index in [0.29, 0.717) is 7.92 Å². The molecular formula is C52H65Cl2IN2PRu+. The molecule has 0 unspecified atom stereocenters. The summed E-state index contributed by atoms with van der Waals surface area (Å²) in [5.74, 6) is 0. The monoisotopic (exact) mass is 1050 g/mol. The summed E-state index contributed by atoms with van der Waals surface area (Å²) in [7, 11) is 0.385. The molecule has 2 radical (unpaired) electrons. The van der Waals surface area contributed by atoms with Gasteiger partial charge in [0.15, 0.2) is 0 Å². The first-order valence-corrected chi connectivity index (χ1v) is 24.6. The van der Waals surface area contributed by atoms with E-state index < -0.39 is 0 Å². The fourth-order valence-electron chi connectivity index (χ4n) is 10.2. The summed E-state index contributed by atoms with van der Waals surface area (Å²) >= 11 is 2.41. The number of anilines is 1. The molecule has 4 aliphatic carbocycles. The van der Waals surface area contributed by atoms with Gasteiger partial charge in [0.05, 0.1) is 0 Å². The van der Waals surface area contributed by atoms with E-state index in [1.165, 1.54) is 89.3 Å². The normalized spacial score (nSPS) is 17.8. The van der Waals surface area contributed by atoms with Gasteiger partial charge in [-0.05, 0) is 145 Å². The fraction of sp³-hybridized carbons (Fsp3) is 0.462. The molecule has 3 fully saturated rings. The maximum atomic E-state index is 3.55. The zero-order valence-electron chi connectivity index (χ0n) is 35.6. The van der Waals surface area contributed by atoms with E-state index >= 15 is 0 Å². The fourth-order valence-corrected chi connectivity index (χ4v) is 15.4. The third-order valence-electron chi connectivity index (χ3n) is 12.7. The van der Waals surface area contributed by atoms with Gasteiger partial charge in [-0.15, -0.1) is 18.1 Å². The summed E-state index contributed by atoms with van der Waals surface area (Å²) in [5, 5.41) is 2.47. The standard InChI is InChI=1S/C19H21IN2.C18H33P.C15H10.2ClH.Ru/c1-14-10-15(2)19(16(3)11-14)22-9-8-21(13-22)12-17-6-4-5-7-18(17)20;1-4-10-16(11-5-1)19(17-12-6-2-7-13-17)18-14-8-3-9-15-18;1-2-6-12(7-3-1)15-11-10-13-8-4-5-9-14(13)15;;;/h4-7,10-11H,8-9,12H2,1-3H3;16-18H,1-15H2;1-9,11H;2*1H;/q+1;;;;;+1/p-1. The van der Waals surface area contributed by atoms with Gasteiger partial charge in [0.1, 0.15) is 25.3 Å². The molecule has 0 amide bonds. The first kappa shape index (κ1) is 49.9. The van der Waals surface area contributed by atoms with Crippen LogP contribution in [0, 0.1) is 24.3 Å². The third kappa shape index (κ3) is 13.6. The number of aryl methyl sites for hydroxylation is 3. The van der Waals surface area contributed by atoms with Gasteiger partial charge in [0, 0.05) is 14.4 Å². The smallest absolute Gasteiger partial charge is 1.00 e. The average Bonchev–Trinajstić information content (AvgIpc) is 3.88. The Morgan fingerprint density at radius 3 is 1.75 bits per heavy atom. The Morgan fingerprint density at radius 2 is 1.19 bits per heavy atom. The molecule has 4 aromatic carbocycles. The van der Waals surface area contributed by atoms with Crippen LogP contribution in [-0.2, 0) is 26.0 Å². The zero-order valence-corrected chi connectivity index (χ0v) is 41.9. The number of hydrogen-bond donors (Lipinski definition) is 0. The average molecular weight is 1050 g/mol. The van der Waals surface area contributed by atoms with Gasteiger partial charge in [-0.3, -0.25) is 0 Å².